The van der Waals surface area contributed by atoms with Crippen LogP contribution in [-0.2, 0) is 0 Å². The molecule has 158 valence electrons. The van der Waals surface area contributed by atoms with Gasteiger partial charge in [-0.15, -0.1) is 22.7 Å². The summed E-state index contributed by atoms with van der Waals surface area (Å²) in [5.74, 6) is -0.342. The van der Waals surface area contributed by atoms with E-state index in [1.165, 1.54) is 22.7 Å². The summed E-state index contributed by atoms with van der Waals surface area (Å²) >= 11 is 2.75. The van der Waals surface area contributed by atoms with Crippen molar-refractivity contribution in [3.63, 3.8) is 0 Å². The third-order valence-corrected chi connectivity index (χ3v) is 5.63. The molecule has 1 atom stereocenters. The molecule has 3 amide bonds. The highest BCUT2D eigenvalue weighted by Crippen LogP contribution is 2.23. The normalized spacial score (nSPS) is 11.8. The Morgan fingerprint density at radius 3 is 2.63 bits per heavy atom. The number of anilines is 3. The Morgan fingerprint density at radius 1 is 1.20 bits per heavy atom. The highest BCUT2D eigenvalue weighted by Gasteiger charge is 2.17. The van der Waals surface area contributed by atoms with E-state index < -0.39 is 0 Å². The maximum absolute atomic E-state index is 12.4. The molecule has 11 heteroatoms. The van der Waals surface area contributed by atoms with Gasteiger partial charge in [-0.2, -0.15) is 0 Å². The number of urea groups is 1. The van der Waals surface area contributed by atoms with Crippen LogP contribution in [0.15, 0.2) is 40.7 Å². The van der Waals surface area contributed by atoms with Gasteiger partial charge in [0.05, 0.1) is 17.4 Å². The number of pyridine rings is 1. The van der Waals surface area contributed by atoms with E-state index in [4.69, 9.17) is 5.73 Å². The molecule has 9 nitrogen and oxygen atoms in total. The van der Waals surface area contributed by atoms with E-state index in [1.54, 1.807) is 40.7 Å². The van der Waals surface area contributed by atoms with Gasteiger partial charge in [-0.05, 0) is 38.7 Å². The van der Waals surface area contributed by atoms with Gasteiger partial charge in [0.1, 0.15) is 5.69 Å². The topological polar surface area (TPSA) is 125 Å². The second-order valence-corrected chi connectivity index (χ2v) is 8.39. The van der Waals surface area contributed by atoms with Gasteiger partial charge in [0.15, 0.2) is 5.13 Å². The lowest BCUT2D eigenvalue weighted by atomic mass is 10.1. The summed E-state index contributed by atoms with van der Waals surface area (Å²) in [5.41, 5.74) is 7.96. The first-order chi connectivity index (χ1) is 14.4. The molecule has 3 aromatic rings. The molecule has 30 heavy (non-hydrogen) atoms. The van der Waals surface area contributed by atoms with Crippen LogP contribution >= 0.6 is 22.7 Å². The second-order valence-electron chi connectivity index (χ2n) is 6.75. The maximum Gasteiger partial charge on any atom is 0.321 e. The summed E-state index contributed by atoms with van der Waals surface area (Å²) in [4.78, 5) is 35.1. The summed E-state index contributed by atoms with van der Waals surface area (Å²) in [7, 11) is 3.93. The average Bonchev–Trinajstić information content (AvgIpc) is 3.37. The molecule has 0 aliphatic carbocycles. The fraction of sp³-hybridized carbons (Fsp3) is 0.263. The van der Waals surface area contributed by atoms with Crippen molar-refractivity contribution >= 4 is 51.1 Å². The number of carbonyl (C=O) groups excluding carboxylic acids is 2. The third kappa shape index (κ3) is 5.99. The number of thiazole rings is 1. The van der Waals surface area contributed by atoms with Crippen LogP contribution in [0.1, 0.15) is 28.5 Å². The molecule has 3 aromatic heterocycles. The van der Waals surface area contributed by atoms with Crippen molar-refractivity contribution in [1.29, 1.82) is 0 Å². The number of nitrogens with one attached hydrogen (secondary N) is 3. The first-order valence-electron chi connectivity index (χ1n) is 9.13. The zero-order chi connectivity index (χ0) is 21.5. The van der Waals surface area contributed by atoms with Gasteiger partial charge < -0.3 is 21.3 Å². The molecule has 0 aliphatic heterocycles. The van der Waals surface area contributed by atoms with Crippen molar-refractivity contribution in [3.8, 4) is 0 Å². The van der Waals surface area contributed by atoms with Crippen molar-refractivity contribution in [2.24, 2.45) is 0 Å². The average molecular weight is 446 g/mol. The van der Waals surface area contributed by atoms with E-state index in [0.29, 0.717) is 22.9 Å². The van der Waals surface area contributed by atoms with Gasteiger partial charge in [-0.25, -0.2) is 9.78 Å². The Hall–Kier alpha value is -3.02. The monoisotopic (exact) mass is 445 g/mol. The van der Waals surface area contributed by atoms with Gasteiger partial charge >= 0.3 is 6.03 Å². The SMILES string of the molecule is CN(C)CCC(NC(=O)Nc1nccs1)c1ccc(C(=O)Nc2cscc2N)nc1. The summed E-state index contributed by atoms with van der Waals surface area (Å²) in [5, 5.41) is 14.3. The maximum atomic E-state index is 12.4. The fourth-order valence-corrected chi connectivity index (χ4v) is 3.82. The quantitative estimate of drug-likeness (QED) is 0.422. The number of nitrogens with zero attached hydrogens (tertiary/aromatic N) is 3. The van der Waals surface area contributed by atoms with Crippen LogP contribution in [0.3, 0.4) is 0 Å². The zero-order valence-electron chi connectivity index (χ0n) is 16.6. The number of carbonyl (C=O) groups is 2. The molecule has 0 saturated heterocycles. The van der Waals surface area contributed by atoms with Gasteiger partial charge in [0.25, 0.3) is 5.91 Å². The molecule has 0 spiro atoms. The number of thiophene rings is 1. The number of rotatable bonds is 8. The summed E-state index contributed by atoms with van der Waals surface area (Å²) < 4.78 is 0. The van der Waals surface area contributed by atoms with E-state index in [9.17, 15) is 9.59 Å². The van der Waals surface area contributed by atoms with E-state index in [2.05, 4.69) is 25.9 Å². The molecule has 0 aliphatic rings. The minimum absolute atomic E-state index is 0.267. The molecule has 0 fully saturated rings. The first kappa shape index (κ1) is 21.7. The second kappa shape index (κ2) is 10.1. The lowest BCUT2D eigenvalue weighted by Crippen LogP contribution is -2.34. The molecular formula is C19H23N7O2S2. The minimum atomic E-state index is -0.344. The molecule has 0 radical (unpaired) electrons. The Balaban J connectivity index is 1.68. The summed E-state index contributed by atoms with van der Waals surface area (Å²) in [6.45, 7) is 0.766. The van der Waals surface area contributed by atoms with E-state index in [-0.39, 0.29) is 23.7 Å². The van der Waals surface area contributed by atoms with E-state index in [1.807, 2.05) is 19.0 Å². The predicted molar refractivity (Wildman–Crippen MR) is 121 cm³/mol. The molecular weight excluding hydrogens is 422 g/mol. The van der Waals surface area contributed by atoms with Crippen molar-refractivity contribution in [2.75, 3.05) is 37.0 Å². The van der Waals surface area contributed by atoms with Crippen molar-refractivity contribution in [2.45, 2.75) is 12.5 Å². The van der Waals surface area contributed by atoms with Gasteiger partial charge in [0.2, 0.25) is 0 Å². The number of aromatic nitrogens is 2. The Bertz CT molecular complexity index is 971. The summed E-state index contributed by atoms with van der Waals surface area (Å²) in [6.07, 6.45) is 3.91. The highest BCUT2D eigenvalue weighted by atomic mass is 32.1. The highest BCUT2D eigenvalue weighted by molar-refractivity contribution is 7.13. The van der Waals surface area contributed by atoms with Crippen LogP contribution < -0.4 is 21.7 Å². The number of hydrogen-bond donors (Lipinski definition) is 4. The lowest BCUT2D eigenvalue weighted by molar-refractivity contribution is 0.102. The lowest BCUT2D eigenvalue weighted by Gasteiger charge is -2.21. The van der Waals surface area contributed by atoms with E-state index >= 15 is 0 Å². The number of nitrogens with two attached hydrogens (primary N) is 1. The van der Waals surface area contributed by atoms with Crippen LogP contribution in [0.25, 0.3) is 0 Å². The molecule has 5 N–H and O–H groups in total. The molecule has 0 aromatic carbocycles. The Labute approximate surface area is 182 Å². The molecule has 1 unspecified atom stereocenters. The number of amides is 3. The zero-order valence-corrected chi connectivity index (χ0v) is 18.2. The van der Waals surface area contributed by atoms with Crippen molar-refractivity contribution in [1.82, 2.24) is 20.2 Å². The third-order valence-electron chi connectivity index (χ3n) is 4.18. The molecule has 3 heterocycles. The first-order valence-corrected chi connectivity index (χ1v) is 11.0. The van der Waals surface area contributed by atoms with Crippen molar-refractivity contribution in [3.05, 3.63) is 51.9 Å². The van der Waals surface area contributed by atoms with E-state index in [0.717, 1.165) is 12.1 Å². The smallest absolute Gasteiger partial charge is 0.321 e. The number of nitrogen functional groups attached to an aromatic ring is 1. The number of hydrogen-bond acceptors (Lipinski definition) is 8. The van der Waals surface area contributed by atoms with Gasteiger partial charge in [0, 0.05) is 28.5 Å². The van der Waals surface area contributed by atoms with Crippen LogP contribution in [0.2, 0.25) is 0 Å². The van der Waals surface area contributed by atoms with Crippen LogP contribution in [0, 0.1) is 0 Å². The Kier molecular flexibility index (Phi) is 7.33. The summed E-state index contributed by atoms with van der Waals surface area (Å²) in [6, 6.07) is 2.81. The van der Waals surface area contributed by atoms with Crippen LogP contribution in [-0.4, -0.2) is 47.4 Å². The predicted octanol–water partition coefficient (Wildman–Crippen LogP) is 3.25. The van der Waals surface area contributed by atoms with Gasteiger partial charge in [-0.1, -0.05) is 6.07 Å². The minimum Gasteiger partial charge on any atom is -0.396 e. The molecule has 0 saturated carbocycles. The van der Waals surface area contributed by atoms with Crippen LogP contribution in [0.5, 0.6) is 0 Å². The Morgan fingerprint density at radius 2 is 2.03 bits per heavy atom. The van der Waals surface area contributed by atoms with Gasteiger partial charge in [-0.3, -0.25) is 15.1 Å². The molecule has 3 rings (SSSR count). The van der Waals surface area contributed by atoms with Crippen LogP contribution in [0.4, 0.5) is 21.3 Å². The standard InChI is InChI=1S/C19H23N7O2S2/c1-26(2)7-5-14(24-18(28)25-19-21-6-8-30-19)12-3-4-15(22-9-12)17(27)23-16-11-29-10-13(16)20/h3-4,6,8-11,14H,5,7,20H2,1-2H3,(H,23,27)(H2,21,24,25,28). The molecule has 0 bridgehead atoms. The largest absolute Gasteiger partial charge is 0.396 e. The van der Waals surface area contributed by atoms with Crippen molar-refractivity contribution < 1.29 is 9.59 Å². The fourth-order valence-electron chi connectivity index (χ4n) is 2.63.